The summed E-state index contributed by atoms with van der Waals surface area (Å²) >= 11 is 5.13. The molecule has 1 atom stereocenters. The Labute approximate surface area is 102 Å². The van der Waals surface area contributed by atoms with E-state index in [1.54, 1.807) is 17.8 Å². The number of fused-ring (bicyclic) bond motifs is 1. The zero-order valence-corrected chi connectivity index (χ0v) is 10.9. The standard InChI is InChI=1S/C11H13BrFNS/c1-2-14-11-6-15-5-9-8(11)3-7(12)4-10(9)13/h3-4,11,14H,2,5-6H2,1H3. The number of thioether (sulfide) groups is 1. The fraction of sp³-hybridized carbons (Fsp3) is 0.455. The van der Waals surface area contributed by atoms with Gasteiger partial charge in [-0.05, 0) is 24.2 Å². The van der Waals surface area contributed by atoms with Crippen LogP contribution in [0.1, 0.15) is 24.1 Å². The van der Waals surface area contributed by atoms with Crippen LogP contribution in [0.5, 0.6) is 0 Å². The van der Waals surface area contributed by atoms with E-state index >= 15 is 0 Å². The minimum Gasteiger partial charge on any atom is -0.309 e. The van der Waals surface area contributed by atoms with Gasteiger partial charge in [-0.15, -0.1) is 0 Å². The topological polar surface area (TPSA) is 12.0 Å². The van der Waals surface area contributed by atoms with Gasteiger partial charge in [0.25, 0.3) is 0 Å². The summed E-state index contributed by atoms with van der Waals surface area (Å²) in [6, 6.07) is 3.87. The smallest absolute Gasteiger partial charge is 0.128 e. The average Bonchev–Trinajstić information content (AvgIpc) is 2.19. The monoisotopic (exact) mass is 289 g/mol. The van der Waals surface area contributed by atoms with Crippen molar-refractivity contribution in [1.29, 1.82) is 0 Å². The van der Waals surface area contributed by atoms with E-state index in [0.29, 0.717) is 0 Å². The summed E-state index contributed by atoms with van der Waals surface area (Å²) < 4.78 is 14.5. The number of hydrogen-bond donors (Lipinski definition) is 1. The molecule has 82 valence electrons. The van der Waals surface area contributed by atoms with E-state index in [9.17, 15) is 4.39 Å². The first-order valence-corrected chi connectivity index (χ1v) is 6.96. The summed E-state index contributed by atoms with van der Waals surface area (Å²) in [6.07, 6.45) is 0. The molecule has 1 nitrogen and oxygen atoms in total. The maximum atomic E-state index is 13.7. The molecule has 1 heterocycles. The molecule has 0 radical (unpaired) electrons. The van der Waals surface area contributed by atoms with Crippen LogP contribution in [0, 0.1) is 5.82 Å². The minimum absolute atomic E-state index is 0.0884. The molecule has 2 rings (SSSR count). The molecule has 0 fully saturated rings. The molecule has 0 aliphatic carbocycles. The molecule has 0 spiro atoms. The largest absolute Gasteiger partial charge is 0.309 e. The SMILES string of the molecule is CCNC1CSCc2c(F)cc(Br)cc21. The molecular formula is C11H13BrFNS. The molecule has 1 unspecified atom stereocenters. The molecule has 1 aromatic carbocycles. The van der Waals surface area contributed by atoms with Gasteiger partial charge in [0.2, 0.25) is 0 Å². The molecule has 1 aromatic rings. The van der Waals surface area contributed by atoms with Gasteiger partial charge in [-0.2, -0.15) is 11.8 Å². The molecule has 0 amide bonds. The Bertz CT molecular complexity index is 370. The number of rotatable bonds is 2. The van der Waals surface area contributed by atoms with E-state index in [1.165, 1.54) is 0 Å². The molecule has 4 heteroatoms. The van der Waals surface area contributed by atoms with Gasteiger partial charge in [-0.1, -0.05) is 22.9 Å². The number of hydrogen-bond acceptors (Lipinski definition) is 2. The van der Waals surface area contributed by atoms with Gasteiger partial charge in [0.1, 0.15) is 5.82 Å². The van der Waals surface area contributed by atoms with Gasteiger partial charge in [0.05, 0.1) is 0 Å². The molecule has 15 heavy (non-hydrogen) atoms. The fourth-order valence-corrected chi connectivity index (χ4v) is 3.48. The van der Waals surface area contributed by atoms with Crippen LogP contribution in [0.4, 0.5) is 4.39 Å². The highest BCUT2D eigenvalue weighted by atomic mass is 79.9. The maximum absolute atomic E-state index is 13.7. The normalized spacial score (nSPS) is 20.1. The first-order valence-electron chi connectivity index (χ1n) is 5.01. The van der Waals surface area contributed by atoms with Gasteiger partial charge >= 0.3 is 0 Å². The highest BCUT2D eigenvalue weighted by Gasteiger charge is 2.22. The summed E-state index contributed by atoms with van der Waals surface area (Å²) in [5.74, 6) is 1.72. The summed E-state index contributed by atoms with van der Waals surface area (Å²) in [4.78, 5) is 0. The average molecular weight is 290 g/mol. The molecular weight excluding hydrogens is 277 g/mol. The van der Waals surface area contributed by atoms with Crippen molar-refractivity contribution in [3.05, 3.63) is 33.5 Å². The third-order valence-corrected chi connectivity index (χ3v) is 4.07. The quantitative estimate of drug-likeness (QED) is 0.895. The van der Waals surface area contributed by atoms with Crippen LogP contribution in [0.15, 0.2) is 16.6 Å². The zero-order chi connectivity index (χ0) is 10.8. The Morgan fingerprint density at radius 2 is 2.40 bits per heavy atom. The van der Waals surface area contributed by atoms with E-state index in [2.05, 4.69) is 28.2 Å². The molecule has 0 bridgehead atoms. The van der Waals surface area contributed by atoms with Crippen LogP contribution in [-0.2, 0) is 5.75 Å². The number of nitrogens with one attached hydrogen (secondary N) is 1. The second-order valence-corrected chi connectivity index (χ2v) is 5.53. The van der Waals surface area contributed by atoms with E-state index < -0.39 is 0 Å². The van der Waals surface area contributed by atoms with Crippen LogP contribution in [-0.4, -0.2) is 12.3 Å². The van der Waals surface area contributed by atoms with E-state index in [4.69, 9.17) is 0 Å². The van der Waals surface area contributed by atoms with Gasteiger partial charge in [0, 0.05) is 27.6 Å². The highest BCUT2D eigenvalue weighted by Crippen LogP contribution is 2.35. The summed E-state index contributed by atoms with van der Waals surface area (Å²) in [7, 11) is 0. The van der Waals surface area contributed by atoms with Crippen molar-refractivity contribution < 1.29 is 4.39 Å². The molecule has 0 saturated carbocycles. The second-order valence-electron chi connectivity index (χ2n) is 3.58. The lowest BCUT2D eigenvalue weighted by molar-refractivity contribution is 0.571. The summed E-state index contributed by atoms with van der Waals surface area (Å²) in [5.41, 5.74) is 1.97. The Kier molecular flexibility index (Phi) is 3.69. The van der Waals surface area contributed by atoms with Crippen LogP contribution < -0.4 is 5.32 Å². The third kappa shape index (κ3) is 2.37. The van der Waals surface area contributed by atoms with Crippen molar-refractivity contribution in [3.63, 3.8) is 0 Å². The first-order chi connectivity index (χ1) is 7.22. The van der Waals surface area contributed by atoms with Gasteiger partial charge in [-0.3, -0.25) is 0 Å². The predicted octanol–water partition coefficient (Wildman–Crippen LogP) is 3.49. The fourth-order valence-electron chi connectivity index (χ4n) is 1.87. The number of benzene rings is 1. The van der Waals surface area contributed by atoms with Crippen molar-refractivity contribution in [2.45, 2.75) is 18.7 Å². The Morgan fingerprint density at radius 3 is 3.13 bits per heavy atom. The van der Waals surface area contributed by atoms with Crippen molar-refractivity contribution >= 4 is 27.7 Å². The van der Waals surface area contributed by atoms with Gasteiger partial charge in [0.15, 0.2) is 0 Å². The van der Waals surface area contributed by atoms with E-state index in [0.717, 1.165) is 33.7 Å². The molecule has 1 aliphatic rings. The Balaban J connectivity index is 2.41. The van der Waals surface area contributed by atoms with Crippen molar-refractivity contribution in [1.82, 2.24) is 5.32 Å². The van der Waals surface area contributed by atoms with Crippen LogP contribution in [0.25, 0.3) is 0 Å². The second kappa shape index (κ2) is 4.85. The predicted molar refractivity (Wildman–Crippen MR) is 66.7 cm³/mol. The minimum atomic E-state index is -0.0884. The molecule has 0 aromatic heterocycles. The van der Waals surface area contributed by atoms with Crippen LogP contribution in [0.3, 0.4) is 0 Å². The van der Waals surface area contributed by atoms with Gasteiger partial charge < -0.3 is 5.32 Å². The Morgan fingerprint density at radius 1 is 1.60 bits per heavy atom. The highest BCUT2D eigenvalue weighted by molar-refractivity contribution is 9.10. The van der Waals surface area contributed by atoms with Crippen molar-refractivity contribution in [2.24, 2.45) is 0 Å². The maximum Gasteiger partial charge on any atom is 0.128 e. The molecule has 1 aliphatic heterocycles. The first kappa shape index (κ1) is 11.4. The molecule has 0 saturated heterocycles. The lowest BCUT2D eigenvalue weighted by atomic mass is 10.0. The van der Waals surface area contributed by atoms with Crippen molar-refractivity contribution in [3.8, 4) is 0 Å². The summed E-state index contributed by atoms with van der Waals surface area (Å²) in [5, 5.41) is 3.39. The number of halogens is 2. The lowest BCUT2D eigenvalue weighted by Gasteiger charge is -2.26. The van der Waals surface area contributed by atoms with Crippen LogP contribution in [0.2, 0.25) is 0 Å². The van der Waals surface area contributed by atoms with Gasteiger partial charge in [-0.25, -0.2) is 4.39 Å². The van der Waals surface area contributed by atoms with Crippen LogP contribution >= 0.6 is 27.7 Å². The van der Waals surface area contributed by atoms with Crippen molar-refractivity contribution in [2.75, 3.05) is 12.3 Å². The third-order valence-electron chi connectivity index (χ3n) is 2.55. The Hall–Kier alpha value is -0.0600. The molecule has 1 N–H and O–H groups in total. The van der Waals surface area contributed by atoms with E-state index in [1.807, 2.05) is 6.07 Å². The van der Waals surface area contributed by atoms with E-state index in [-0.39, 0.29) is 11.9 Å². The summed E-state index contributed by atoms with van der Waals surface area (Å²) in [6.45, 7) is 2.99. The zero-order valence-electron chi connectivity index (χ0n) is 8.52. The lowest BCUT2D eigenvalue weighted by Crippen LogP contribution is -2.26.